The van der Waals surface area contributed by atoms with E-state index in [-0.39, 0.29) is 6.42 Å². The SMILES string of the molecule is Cc1cc(Oc2ccc(CCC(=O)O)cc2)ccn1. The van der Waals surface area contributed by atoms with Gasteiger partial charge in [-0.05, 0) is 37.1 Å². The van der Waals surface area contributed by atoms with Crippen LogP contribution in [0.3, 0.4) is 0 Å². The van der Waals surface area contributed by atoms with Gasteiger partial charge in [-0.25, -0.2) is 0 Å². The molecule has 0 spiro atoms. The van der Waals surface area contributed by atoms with Gasteiger partial charge in [-0.2, -0.15) is 0 Å². The minimum absolute atomic E-state index is 0.143. The van der Waals surface area contributed by atoms with E-state index < -0.39 is 5.97 Å². The van der Waals surface area contributed by atoms with Crippen LogP contribution in [0.4, 0.5) is 0 Å². The standard InChI is InChI=1S/C15H15NO3/c1-11-10-14(8-9-16-11)19-13-5-2-12(3-6-13)4-7-15(17)18/h2-3,5-6,8-10H,4,7H2,1H3,(H,17,18). The molecule has 0 unspecified atom stereocenters. The summed E-state index contributed by atoms with van der Waals surface area (Å²) < 4.78 is 5.68. The highest BCUT2D eigenvalue weighted by atomic mass is 16.5. The van der Waals surface area contributed by atoms with Gasteiger partial charge < -0.3 is 9.84 Å². The summed E-state index contributed by atoms with van der Waals surface area (Å²) >= 11 is 0. The summed E-state index contributed by atoms with van der Waals surface area (Å²) in [6.45, 7) is 1.90. The van der Waals surface area contributed by atoms with E-state index >= 15 is 0 Å². The highest BCUT2D eigenvalue weighted by Gasteiger charge is 2.01. The van der Waals surface area contributed by atoms with Crippen LogP contribution in [0.5, 0.6) is 11.5 Å². The average molecular weight is 257 g/mol. The lowest BCUT2D eigenvalue weighted by Crippen LogP contribution is -1.97. The second-order valence-corrected chi connectivity index (χ2v) is 4.27. The third-order valence-electron chi connectivity index (χ3n) is 2.65. The van der Waals surface area contributed by atoms with Gasteiger partial charge in [0, 0.05) is 24.4 Å². The van der Waals surface area contributed by atoms with Crippen molar-refractivity contribution in [3.05, 3.63) is 53.9 Å². The maximum atomic E-state index is 10.5. The van der Waals surface area contributed by atoms with Crippen LogP contribution in [-0.4, -0.2) is 16.1 Å². The Balaban J connectivity index is 2.00. The van der Waals surface area contributed by atoms with Crippen molar-refractivity contribution in [1.82, 2.24) is 4.98 Å². The Bertz CT molecular complexity index is 564. The molecule has 4 nitrogen and oxygen atoms in total. The zero-order chi connectivity index (χ0) is 13.7. The number of aromatic nitrogens is 1. The first-order chi connectivity index (χ1) is 9.13. The smallest absolute Gasteiger partial charge is 0.303 e. The fourth-order valence-electron chi connectivity index (χ4n) is 1.69. The second kappa shape index (κ2) is 6.00. The van der Waals surface area contributed by atoms with Crippen LogP contribution in [-0.2, 0) is 11.2 Å². The van der Waals surface area contributed by atoms with Gasteiger partial charge in [-0.1, -0.05) is 12.1 Å². The first kappa shape index (κ1) is 13.1. The number of carbonyl (C=O) groups is 1. The van der Waals surface area contributed by atoms with Crippen molar-refractivity contribution in [3.63, 3.8) is 0 Å². The van der Waals surface area contributed by atoms with E-state index in [2.05, 4.69) is 4.98 Å². The topological polar surface area (TPSA) is 59.4 Å². The molecular formula is C15H15NO3. The number of aryl methyl sites for hydroxylation is 2. The van der Waals surface area contributed by atoms with Crippen molar-refractivity contribution in [2.45, 2.75) is 19.8 Å². The number of benzene rings is 1. The number of ether oxygens (including phenoxy) is 1. The molecule has 4 heteroatoms. The Kier molecular flexibility index (Phi) is 4.13. The average Bonchev–Trinajstić information content (AvgIpc) is 2.38. The number of aliphatic carboxylic acids is 1. The molecule has 0 atom stereocenters. The number of carboxylic acid groups (broad SMARTS) is 1. The number of carboxylic acids is 1. The molecular weight excluding hydrogens is 242 g/mol. The summed E-state index contributed by atoms with van der Waals surface area (Å²) in [5, 5.41) is 8.62. The molecule has 1 aromatic heterocycles. The van der Waals surface area contributed by atoms with Gasteiger partial charge in [0.05, 0.1) is 0 Å². The van der Waals surface area contributed by atoms with Gasteiger partial charge in [-0.15, -0.1) is 0 Å². The Morgan fingerprint density at radius 2 is 1.95 bits per heavy atom. The third kappa shape index (κ3) is 4.10. The van der Waals surface area contributed by atoms with Crippen molar-refractivity contribution < 1.29 is 14.6 Å². The monoisotopic (exact) mass is 257 g/mol. The molecule has 0 aliphatic rings. The number of nitrogens with zero attached hydrogens (tertiary/aromatic N) is 1. The van der Waals surface area contributed by atoms with Crippen molar-refractivity contribution in [3.8, 4) is 11.5 Å². The van der Waals surface area contributed by atoms with E-state index in [4.69, 9.17) is 9.84 Å². The maximum Gasteiger partial charge on any atom is 0.303 e. The zero-order valence-electron chi connectivity index (χ0n) is 10.7. The van der Waals surface area contributed by atoms with E-state index in [1.54, 1.807) is 12.3 Å². The molecule has 1 aromatic carbocycles. The third-order valence-corrected chi connectivity index (χ3v) is 2.65. The van der Waals surface area contributed by atoms with Crippen molar-refractivity contribution in [2.75, 3.05) is 0 Å². The van der Waals surface area contributed by atoms with Gasteiger partial charge in [0.15, 0.2) is 0 Å². The molecule has 1 N–H and O–H groups in total. The number of pyridine rings is 1. The summed E-state index contributed by atoms with van der Waals surface area (Å²) in [5.41, 5.74) is 1.89. The minimum Gasteiger partial charge on any atom is -0.481 e. The van der Waals surface area contributed by atoms with E-state index in [9.17, 15) is 4.79 Å². The molecule has 0 radical (unpaired) electrons. The van der Waals surface area contributed by atoms with Crippen LogP contribution in [0.15, 0.2) is 42.6 Å². The second-order valence-electron chi connectivity index (χ2n) is 4.27. The lowest BCUT2D eigenvalue weighted by molar-refractivity contribution is -0.136. The lowest BCUT2D eigenvalue weighted by atomic mass is 10.1. The summed E-state index contributed by atoms with van der Waals surface area (Å²) in [6, 6.07) is 11.1. The Morgan fingerprint density at radius 1 is 1.21 bits per heavy atom. The highest BCUT2D eigenvalue weighted by molar-refractivity contribution is 5.67. The molecule has 19 heavy (non-hydrogen) atoms. The summed E-state index contributed by atoms with van der Waals surface area (Å²) in [6.07, 6.45) is 2.37. The quantitative estimate of drug-likeness (QED) is 0.893. The Hall–Kier alpha value is -2.36. The first-order valence-corrected chi connectivity index (χ1v) is 6.05. The molecule has 98 valence electrons. The normalized spacial score (nSPS) is 10.2. The molecule has 0 amide bonds. The Labute approximate surface area is 111 Å². The van der Waals surface area contributed by atoms with E-state index in [0.717, 1.165) is 22.8 Å². The van der Waals surface area contributed by atoms with Gasteiger partial charge in [0.25, 0.3) is 0 Å². The predicted molar refractivity (Wildman–Crippen MR) is 71.4 cm³/mol. The predicted octanol–water partition coefficient (Wildman–Crippen LogP) is 3.20. The first-order valence-electron chi connectivity index (χ1n) is 6.05. The summed E-state index contributed by atoms with van der Waals surface area (Å²) in [4.78, 5) is 14.6. The van der Waals surface area contributed by atoms with Crippen LogP contribution in [0, 0.1) is 6.92 Å². The van der Waals surface area contributed by atoms with E-state index in [0.29, 0.717) is 6.42 Å². The zero-order valence-corrected chi connectivity index (χ0v) is 10.7. The summed E-state index contributed by atoms with van der Waals surface area (Å²) in [5.74, 6) is 0.683. The largest absolute Gasteiger partial charge is 0.481 e. The highest BCUT2D eigenvalue weighted by Crippen LogP contribution is 2.21. The molecule has 0 aliphatic heterocycles. The van der Waals surface area contributed by atoms with E-state index in [1.807, 2.05) is 37.3 Å². The fraction of sp³-hybridized carbons (Fsp3) is 0.200. The van der Waals surface area contributed by atoms with Crippen LogP contribution in [0.1, 0.15) is 17.7 Å². The van der Waals surface area contributed by atoms with Gasteiger partial charge in [0.1, 0.15) is 11.5 Å². The molecule has 0 bridgehead atoms. The Morgan fingerprint density at radius 3 is 2.58 bits per heavy atom. The summed E-state index contributed by atoms with van der Waals surface area (Å²) in [7, 11) is 0. The maximum absolute atomic E-state index is 10.5. The van der Waals surface area contributed by atoms with Crippen LogP contribution in [0.2, 0.25) is 0 Å². The number of rotatable bonds is 5. The van der Waals surface area contributed by atoms with Crippen molar-refractivity contribution in [2.24, 2.45) is 0 Å². The van der Waals surface area contributed by atoms with E-state index in [1.165, 1.54) is 0 Å². The fourth-order valence-corrected chi connectivity index (χ4v) is 1.69. The van der Waals surface area contributed by atoms with Crippen molar-refractivity contribution in [1.29, 1.82) is 0 Å². The molecule has 0 saturated heterocycles. The molecule has 0 saturated carbocycles. The minimum atomic E-state index is -0.785. The van der Waals surface area contributed by atoms with Crippen LogP contribution in [0.25, 0.3) is 0 Å². The molecule has 0 fully saturated rings. The van der Waals surface area contributed by atoms with Crippen LogP contribution >= 0.6 is 0 Å². The van der Waals surface area contributed by atoms with Crippen LogP contribution < -0.4 is 4.74 Å². The van der Waals surface area contributed by atoms with Crippen molar-refractivity contribution >= 4 is 5.97 Å². The lowest BCUT2D eigenvalue weighted by Gasteiger charge is -2.06. The number of hydrogen-bond acceptors (Lipinski definition) is 3. The van der Waals surface area contributed by atoms with Gasteiger partial charge >= 0.3 is 5.97 Å². The number of hydrogen-bond donors (Lipinski definition) is 1. The molecule has 1 heterocycles. The van der Waals surface area contributed by atoms with Gasteiger partial charge in [-0.3, -0.25) is 9.78 Å². The molecule has 0 aliphatic carbocycles. The van der Waals surface area contributed by atoms with Gasteiger partial charge in [0.2, 0.25) is 0 Å². The molecule has 2 aromatic rings. The molecule has 2 rings (SSSR count).